The Balaban J connectivity index is 1.56. The molecule has 0 aliphatic heterocycles. The minimum absolute atomic E-state index is 0.231. The summed E-state index contributed by atoms with van der Waals surface area (Å²) in [4.78, 5) is 17.6. The molecule has 0 fully saturated rings. The molecule has 7 nitrogen and oxygen atoms in total. The Kier molecular flexibility index (Phi) is 5.66. The highest BCUT2D eigenvalue weighted by atomic mass is 16.5. The SMILES string of the molecule is COc1ccc(Cn2nc(NC(=O)c3ccccc3)c3cc(-c4cccc(N)c4)cnc32)cc1. The van der Waals surface area contributed by atoms with E-state index < -0.39 is 0 Å². The molecule has 2 aromatic heterocycles. The average Bonchev–Trinajstić information content (AvgIpc) is 3.21. The molecule has 5 aromatic rings. The van der Waals surface area contributed by atoms with Crippen molar-refractivity contribution in [2.24, 2.45) is 0 Å². The van der Waals surface area contributed by atoms with Crippen LogP contribution in [0.5, 0.6) is 5.75 Å². The molecule has 3 aromatic carbocycles. The van der Waals surface area contributed by atoms with Crippen molar-refractivity contribution >= 4 is 28.4 Å². The van der Waals surface area contributed by atoms with Crippen molar-refractivity contribution < 1.29 is 9.53 Å². The van der Waals surface area contributed by atoms with E-state index in [1.54, 1.807) is 30.1 Å². The van der Waals surface area contributed by atoms with Gasteiger partial charge in [0, 0.05) is 23.0 Å². The lowest BCUT2D eigenvalue weighted by Crippen LogP contribution is -2.12. The lowest BCUT2D eigenvalue weighted by molar-refractivity contribution is 0.102. The number of hydrogen-bond acceptors (Lipinski definition) is 5. The zero-order valence-corrected chi connectivity index (χ0v) is 18.6. The highest BCUT2D eigenvalue weighted by Crippen LogP contribution is 2.29. The maximum absolute atomic E-state index is 12.9. The molecule has 7 heteroatoms. The normalized spacial score (nSPS) is 10.9. The summed E-state index contributed by atoms with van der Waals surface area (Å²) in [6.45, 7) is 0.492. The second kappa shape index (κ2) is 9.07. The van der Waals surface area contributed by atoms with Gasteiger partial charge >= 0.3 is 0 Å². The number of benzene rings is 3. The third kappa shape index (κ3) is 4.31. The van der Waals surface area contributed by atoms with Gasteiger partial charge in [-0.2, -0.15) is 5.10 Å². The maximum Gasteiger partial charge on any atom is 0.256 e. The van der Waals surface area contributed by atoms with Gasteiger partial charge in [-0.25, -0.2) is 9.67 Å². The molecule has 0 aliphatic rings. The molecule has 0 atom stereocenters. The second-order valence-corrected chi connectivity index (χ2v) is 7.90. The maximum atomic E-state index is 12.9. The van der Waals surface area contributed by atoms with Crippen molar-refractivity contribution in [3.8, 4) is 16.9 Å². The van der Waals surface area contributed by atoms with Crippen molar-refractivity contribution in [1.29, 1.82) is 0 Å². The van der Waals surface area contributed by atoms with Crippen LogP contribution in [-0.2, 0) is 6.54 Å². The van der Waals surface area contributed by atoms with E-state index in [-0.39, 0.29) is 5.91 Å². The van der Waals surface area contributed by atoms with Gasteiger partial charge in [-0.05, 0) is 53.6 Å². The first-order valence-corrected chi connectivity index (χ1v) is 10.8. The Morgan fingerprint density at radius 2 is 1.76 bits per heavy atom. The minimum atomic E-state index is -0.231. The number of hydrogen-bond donors (Lipinski definition) is 2. The molecule has 0 unspecified atom stereocenters. The van der Waals surface area contributed by atoms with Crippen LogP contribution in [0.15, 0.2) is 91.1 Å². The van der Waals surface area contributed by atoms with Gasteiger partial charge in [-0.3, -0.25) is 4.79 Å². The number of fused-ring (bicyclic) bond motifs is 1. The predicted octanol–water partition coefficient (Wildman–Crippen LogP) is 4.99. The summed E-state index contributed by atoms with van der Waals surface area (Å²) in [6, 6.07) is 26.4. The third-order valence-corrected chi connectivity index (χ3v) is 5.57. The van der Waals surface area contributed by atoms with E-state index >= 15 is 0 Å². The van der Waals surface area contributed by atoms with Crippen molar-refractivity contribution in [2.75, 3.05) is 18.2 Å². The van der Waals surface area contributed by atoms with E-state index in [4.69, 9.17) is 20.6 Å². The zero-order chi connectivity index (χ0) is 23.5. The topological polar surface area (TPSA) is 95.1 Å². The third-order valence-electron chi connectivity index (χ3n) is 5.57. The van der Waals surface area contributed by atoms with Gasteiger partial charge in [0.15, 0.2) is 11.5 Å². The van der Waals surface area contributed by atoms with Crippen molar-refractivity contribution in [1.82, 2.24) is 14.8 Å². The predicted molar refractivity (Wildman–Crippen MR) is 134 cm³/mol. The first-order chi connectivity index (χ1) is 16.6. The van der Waals surface area contributed by atoms with E-state index in [0.717, 1.165) is 27.8 Å². The summed E-state index contributed by atoms with van der Waals surface area (Å²) in [6.07, 6.45) is 1.80. The first kappa shape index (κ1) is 21.2. The quantitative estimate of drug-likeness (QED) is 0.356. The number of carbonyl (C=O) groups is 1. The number of methoxy groups -OCH3 is 1. The summed E-state index contributed by atoms with van der Waals surface area (Å²) >= 11 is 0. The highest BCUT2D eigenvalue weighted by Gasteiger charge is 2.17. The zero-order valence-electron chi connectivity index (χ0n) is 18.6. The van der Waals surface area contributed by atoms with Crippen LogP contribution in [0, 0.1) is 0 Å². The molecule has 1 amide bonds. The second-order valence-electron chi connectivity index (χ2n) is 7.90. The molecule has 34 heavy (non-hydrogen) atoms. The minimum Gasteiger partial charge on any atom is -0.497 e. The fraction of sp³-hybridized carbons (Fsp3) is 0.0741. The highest BCUT2D eigenvalue weighted by molar-refractivity contribution is 6.07. The number of nitrogens with two attached hydrogens (primary N) is 1. The number of rotatable bonds is 6. The standard InChI is InChI=1S/C27H23N5O2/c1-34-23-12-10-18(11-13-23)17-32-26-24(15-21(16-29-26)20-8-5-9-22(28)14-20)25(31-32)30-27(33)19-6-3-2-4-7-19/h2-16H,17,28H2,1H3,(H,30,31,33). The van der Waals surface area contributed by atoms with Gasteiger partial charge in [0.05, 0.1) is 19.0 Å². The van der Waals surface area contributed by atoms with Gasteiger partial charge in [0.2, 0.25) is 0 Å². The van der Waals surface area contributed by atoms with E-state index in [1.807, 2.05) is 72.8 Å². The van der Waals surface area contributed by atoms with Crippen LogP contribution >= 0.6 is 0 Å². The van der Waals surface area contributed by atoms with E-state index in [2.05, 4.69) is 5.32 Å². The number of aromatic nitrogens is 3. The number of nitrogen functional groups attached to an aromatic ring is 1. The Hall–Kier alpha value is -4.65. The van der Waals surface area contributed by atoms with Crippen molar-refractivity contribution in [3.63, 3.8) is 0 Å². The van der Waals surface area contributed by atoms with E-state index in [0.29, 0.717) is 29.3 Å². The fourth-order valence-corrected chi connectivity index (χ4v) is 3.81. The molecular formula is C27H23N5O2. The van der Waals surface area contributed by atoms with Crippen molar-refractivity contribution in [2.45, 2.75) is 6.54 Å². The van der Waals surface area contributed by atoms with Gasteiger partial charge in [-0.1, -0.05) is 42.5 Å². The summed E-state index contributed by atoms with van der Waals surface area (Å²) < 4.78 is 7.04. The van der Waals surface area contributed by atoms with Gasteiger partial charge in [-0.15, -0.1) is 0 Å². The van der Waals surface area contributed by atoms with Crippen molar-refractivity contribution in [3.05, 3.63) is 102 Å². The Bertz CT molecular complexity index is 1460. The summed E-state index contributed by atoms with van der Waals surface area (Å²) in [5, 5.41) is 8.42. The molecule has 0 saturated heterocycles. The summed E-state index contributed by atoms with van der Waals surface area (Å²) in [5.74, 6) is 1.01. The Morgan fingerprint density at radius 1 is 0.971 bits per heavy atom. The van der Waals surface area contributed by atoms with Crippen LogP contribution in [-0.4, -0.2) is 27.8 Å². The van der Waals surface area contributed by atoms with Gasteiger partial charge in [0.25, 0.3) is 5.91 Å². The largest absolute Gasteiger partial charge is 0.497 e. The van der Waals surface area contributed by atoms with E-state index in [1.165, 1.54) is 0 Å². The number of nitrogens with one attached hydrogen (secondary N) is 1. The Morgan fingerprint density at radius 3 is 2.50 bits per heavy atom. The summed E-state index contributed by atoms with van der Waals surface area (Å²) in [7, 11) is 1.64. The molecule has 0 bridgehead atoms. The molecule has 5 rings (SSSR count). The smallest absolute Gasteiger partial charge is 0.256 e. The molecule has 0 radical (unpaired) electrons. The Labute approximate surface area is 196 Å². The number of carbonyl (C=O) groups excluding carboxylic acids is 1. The number of anilines is 2. The first-order valence-electron chi connectivity index (χ1n) is 10.8. The lowest BCUT2D eigenvalue weighted by atomic mass is 10.1. The molecule has 3 N–H and O–H groups in total. The van der Waals surface area contributed by atoms with Crippen LogP contribution < -0.4 is 15.8 Å². The number of ether oxygens (including phenoxy) is 1. The summed E-state index contributed by atoms with van der Waals surface area (Å²) in [5.41, 5.74) is 10.7. The van der Waals surface area contributed by atoms with Gasteiger partial charge < -0.3 is 15.8 Å². The molecule has 0 spiro atoms. The fourth-order valence-electron chi connectivity index (χ4n) is 3.81. The van der Waals surface area contributed by atoms with Crippen LogP contribution in [0.1, 0.15) is 15.9 Å². The van der Waals surface area contributed by atoms with Crippen LogP contribution in [0.4, 0.5) is 11.5 Å². The van der Waals surface area contributed by atoms with Crippen LogP contribution in [0.25, 0.3) is 22.2 Å². The van der Waals surface area contributed by atoms with E-state index in [9.17, 15) is 4.79 Å². The molecule has 0 aliphatic carbocycles. The molecule has 0 saturated carbocycles. The number of nitrogens with zero attached hydrogens (tertiary/aromatic N) is 3. The number of pyridine rings is 1. The van der Waals surface area contributed by atoms with Crippen LogP contribution in [0.2, 0.25) is 0 Å². The molecule has 2 heterocycles. The lowest BCUT2D eigenvalue weighted by Gasteiger charge is -2.06. The molecular weight excluding hydrogens is 426 g/mol. The molecule has 168 valence electrons. The van der Waals surface area contributed by atoms with Crippen LogP contribution in [0.3, 0.4) is 0 Å². The van der Waals surface area contributed by atoms with Gasteiger partial charge in [0.1, 0.15) is 5.75 Å². The number of amides is 1. The average molecular weight is 450 g/mol. The monoisotopic (exact) mass is 449 g/mol.